The molecule has 5 nitrogen and oxygen atoms in total. The van der Waals surface area contributed by atoms with Gasteiger partial charge in [0.25, 0.3) is 0 Å². The average Bonchev–Trinajstić information content (AvgIpc) is 2.47. The molecule has 0 amide bonds. The molecular formula is C8H16N4O. The molecule has 0 saturated heterocycles. The zero-order valence-corrected chi connectivity index (χ0v) is 8.32. The van der Waals surface area contributed by atoms with Gasteiger partial charge in [-0.2, -0.15) is 0 Å². The highest BCUT2D eigenvalue weighted by Crippen LogP contribution is 2.11. The summed E-state index contributed by atoms with van der Waals surface area (Å²) in [6.45, 7) is 5.14. The van der Waals surface area contributed by atoms with Crippen LogP contribution in [0.2, 0.25) is 0 Å². The van der Waals surface area contributed by atoms with Crippen molar-refractivity contribution in [2.75, 3.05) is 13.7 Å². The molecule has 0 unspecified atom stereocenters. The summed E-state index contributed by atoms with van der Waals surface area (Å²) in [5, 5.41) is 7.90. The van der Waals surface area contributed by atoms with Gasteiger partial charge in [0.05, 0.1) is 24.9 Å². The first kappa shape index (κ1) is 10.1. The third-order valence-corrected chi connectivity index (χ3v) is 1.72. The van der Waals surface area contributed by atoms with Crippen molar-refractivity contribution >= 4 is 0 Å². The molecule has 0 fully saturated rings. The molecule has 5 heteroatoms. The molecule has 1 heterocycles. The van der Waals surface area contributed by atoms with Crippen LogP contribution in [0.5, 0.6) is 0 Å². The summed E-state index contributed by atoms with van der Waals surface area (Å²) in [6, 6.07) is 0. The summed E-state index contributed by atoms with van der Waals surface area (Å²) in [6.07, 6.45) is 1.85. The Morgan fingerprint density at radius 2 is 2.31 bits per heavy atom. The Bertz CT molecular complexity index is 263. The van der Waals surface area contributed by atoms with Gasteiger partial charge in [0, 0.05) is 7.11 Å². The summed E-state index contributed by atoms with van der Waals surface area (Å²) in [5.41, 5.74) is 6.22. The lowest BCUT2D eigenvalue weighted by Crippen LogP contribution is -2.29. The van der Waals surface area contributed by atoms with Crippen LogP contribution in [0.25, 0.3) is 0 Å². The first-order valence-corrected chi connectivity index (χ1v) is 4.22. The van der Waals surface area contributed by atoms with Crippen molar-refractivity contribution in [2.24, 2.45) is 5.73 Å². The Morgan fingerprint density at radius 1 is 1.62 bits per heavy atom. The van der Waals surface area contributed by atoms with E-state index in [9.17, 15) is 0 Å². The van der Waals surface area contributed by atoms with Crippen LogP contribution >= 0.6 is 0 Å². The summed E-state index contributed by atoms with van der Waals surface area (Å²) in [4.78, 5) is 0. The van der Waals surface area contributed by atoms with Gasteiger partial charge in [0.2, 0.25) is 0 Å². The molecular weight excluding hydrogens is 168 g/mol. The van der Waals surface area contributed by atoms with E-state index in [0.717, 1.165) is 5.69 Å². The van der Waals surface area contributed by atoms with E-state index in [-0.39, 0.29) is 0 Å². The zero-order chi connectivity index (χ0) is 9.90. The van der Waals surface area contributed by atoms with Crippen LogP contribution in [0.15, 0.2) is 6.20 Å². The average molecular weight is 184 g/mol. The van der Waals surface area contributed by atoms with Gasteiger partial charge in [0.1, 0.15) is 5.69 Å². The standard InChI is InChI=1S/C8H16N4O/c1-8(2,9)7-6-12(11-10-7)4-5-13-3/h6H,4-5,9H2,1-3H3. The SMILES string of the molecule is COCCn1cc(C(C)(C)N)nn1. The second-order valence-electron chi connectivity index (χ2n) is 3.58. The van der Waals surface area contributed by atoms with Crippen LogP contribution in [0.3, 0.4) is 0 Å². The fourth-order valence-corrected chi connectivity index (χ4v) is 0.888. The van der Waals surface area contributed by atoms with Gasteiger partial charge in [-0.1, -0.05) is 5.21 Å². The Kier molecular flexibility index (Phi) is 3.00. The Labute approximate surface area is 77.9 Å². The van der Waals surface area contributed by atoms with Crippen LogP contribution in [0.4, 0.5) is 0 Å². The van der Waals surface area contributed by atoms with E-state index in [1.165, 1.54) is 0 Å². The largest absolute Gasteiger partial charge is 0.383 e. The summed E-state index contributed by atoms with van der Waals surface area (Å²) in [5.74, 6) is 0. The minimum Gasteiger partial charge on any atom is -0.383 e. The van der Waals surface area contributed by atoms with Gasteiger partial charge in [-0.25, -0.2) is 4.68 Å². The quantitative estimate of drug-likeness (QED) is 0.721. The molecule has 1 aromatic rings. The van der Waals surface area contributed by atoms with Crippen molar-refractivity contribution in [3.63, 3.8) is 0 Å². The maximum atomic E-state index is 5.85. The lowest BCUT2D eigenvalue weighted by molar-refractivity contribution is 0.183. The number of nitrogens with zero attached hydrogens (tertiary/aromatic N) is 3. The second-order valence-corrected chi connectivity index (χ2v) is 3.58. The van der Waals surface area contributed by atoms with Gasteiger partial charge in [-0.3, -0.25) is 0 Å². The highest BCUT2D eigenvalue weighted by Gasteiger charge is 2.17. The third kappa shape index (κ3) is 2.78. The molecule has 13 heavy (non-hydrogen) atoms. The Hall–Kier alpha value is -0.940. The monoisotopic (exact) mass is 184 g/mol. The number of ether oxygens (including phenoxy) is 1. The number of nitrogens with two attached hydrogens (primary N) is 1. The minimum absolute atomic E-state index is 0.425. The molecule has 0 aliphatic heterocycles. The second kappa shape index (κ2) is 3.85. The molecule has 0 aliphatic rings. The number of hydrogen-bond acceptors (Lipinski definition) is 4. The third-order valence-electron chi connectivity index (χ3n) is 1.72. The number of hydrogen-bond donors (Lipinski definition) is 1. The van der Waals surface area contributed by atoms with E-state index in [0.29, 0.717) is 13.2 Å². The van der Waals surface area contributed by atoms with Crippen LogP contribution in [0, 0.1) is 0 Å². The van der Waals surface area contributed by atoms with Gasteiger partial charge in [0.15, 0.2) is 0 Å². The number of rotatable bonds is 4. The molecule has 2 N–H and O–H groups in total. The smallest absolute Gasteiger partial charge is 0.102 e. The Balaban J connectivity index is 2.64. The maximum absolute atomic E-state index is 5.85. The van der Waals surface area contributed by atoms with Crippen LogP contribution < -0.4 is 5.73 Å². The van der Waals surface area contributed by atoms with Crippen molar-refractivity contribution in [3.05, 3.63) is 11.9 Å². The fourth-order valence-electron chi connectivity index (χ4n) is 0.888. The molecule has 0 aliphatic carbocycles. The predicted molar refractivity (Wildman–Crippen MR) is 49.1 cm³/mol. The number of methoxy groups -OCH3 is 1. The first-order valence-electron chi connectivity index (χ1n) is 4.22. The van der Waals surface area contributed by atoms with Crippen LogP contribution in [-0.2, 0) is 16.8 Å². The molecule has 74 valence electrons. The molecule has 0 bridgehead atoms. The van der Waals surface area contributed by atoms with Crippen LogP contribution in [-0.4, -0.2) is 28.7 Å². The molecule has 0 radical (unpaired) electrons. The summed E-state index contributed by atoms with van der Waals surface area (Å²) < 4.78 is 6.65. The Morgan fingerprint density at radius 3 is 2.77 bits per heavy atom. The molecule has 0 spiro atoms. The highest BCUT2D eigenvalue weighted by molar-refractivity contribution is 5.05. The fraction of sp³-hybridized carbons (Fsp3) is 0.750. The van der Waals surface area contributed by atoms with Crippen molar-refractivity contribution in [1.82, 2.24) is 15.0 Å². The lowest BCUT2D eigenvalue weighted by atomic mass is 10.0. The zero-order valence-electron chi connectivity index (χ0n) is 8.32. The van der Waals surface area contributed by atoms with E-state index in [2.05, 4.69) is 10.3 Å². The first-order chi connectivity index (χ1) is 6.04. The van der Waals surface area contributed by atoms with Crippen molar-refractivity contribution in [2.45, 2.75) is 25.9 Å². The van der Waals surface area contributed by atoms with Gasteiger partial charge in [-0.15, -0.1) is 5.10 Å². The molecule has 0 saturated carbocycles. The predicted octanol–water partition coefficient (Wildman–Crippen LogP) is 0.118. The lowest BCUT2D eigenvalue weighted by Gasteiger charge is -2.13. The number of aromatic nitrogens is 3. The van der Waals surface area contributed by atoms with Gasteiger partial charge in [-0.05, 0) is 13.8 Å². The van der Waals surface area contributed by atoms with Crippen molar-refractivity contribution in [1.29, 1.82) is 0 Å². The van der Waals surface area contributed by atoms with Crippen LogP contribution in [0.1, 0.15) is 19.5 Å². The summed E-state index contributed by atoms with van der Waals surface area (Å²) >= 11 is 0. The van der Waals surface area contributed by atoms with E-state index < -0.39 is 5.54 Å². The van der Waals surface area contributed by atoms with Gasteiger partial charge < -0.3 is 10.5 Å². The minimum atomic E-state index is -0.425. The summed E-state index contributed by atoms with van der Waals surface area (Å²) in [7, 11) is 1.66. The van der Waals surface area contributed by atoms with Gasteiger partial charge >= 0.3 is 0 Å². The molecule has 1 rings (SSSR count). The van der Waals surface area contributed by atoms with E-state index in [4.69, 9.17) is 10.5 Å². The highest BCUT2D eigenvalue weighted by atomic mass is 16.5. The van der Waals surface area contributed by atoms with E-state index in [1.54, 1.807) is 11.8 Å². The molecule has 0 aromatic carbocycles. The normalized spacial score (nSPS) is 12.0. The van der Waals surface area contributed by atoms with E-state index in [1.807, 2.05) is 20.0 Å². The topological polar surface area (TPSA) is 66.0 Å². The van der Waals surface area contributed by atoms with Crippen molar-refractivity contribution in [3.8, 4) is 0 Å². The van der Waals surface area contributed by atoms with E-state index >= 15 is 0 Å². The maximum Gasteiger partial charge on any atom is 0.102 e. The molecule has 1 aromatic heterocycles. The van der Waals surface area contributed by atoms with Crippen molar-refractivity contribution < 1.29 is 4.74 Å². The molecule has 0 atom stereocenters.